The second-order valence-corrected chi connectivity index (χ2v) is 11.3. The number of ether oxygens (including phenoxy) is 1. The van der Waals surface area contributed by atoms with E-state index in [1.807, 2.05) is 40.7 Å². The van der Waals surface area contributed by atoms with Gasteiger partial charge in [0, 0.05) is 30.4 Å². The molecule has 9 heteroatoms. The Bertz CT molecular complexity index is 1150. The summed E-state index contributed by atoms with van der Waals surface area (Å²) in [5, 5.41) is 2.85. The van der Waals surface area contributed by atoms with E-state index in [0.29, 0.717) is 37.3 Å². The molecule has 2 N–H and O–H groups in total. The first-order chi connectivity index (χ1) is 15.8. The molecule has 1 aliphatic heterocycles. The number of sulfonamides is 1. The molecule has 34 heavy (non-hydrogen) atoms. The predicted octanol–water partition coefficient (Wildman–Crippen LogP) is 4.69. The summed E-state index contributed by atoms with van der Waals surface area (Å²) in [4.78, 5) is 26.6. The lowest BCUT2D eigenvalue weighted by Gasteiger charge is -2.32. The molecule has 0 atom stereocenters. The Hall–Kier alpha value is -3.07. The first kappa shape index (κ1) is 25.6. The van der Waals surface area contributed by atoms with Crippen LogP contribution in [0, 0.1) is 19.8 Å². The van der Waals surface area contributed by atoms with Crippen molar-refractivity contribution in [3.63, 3.8) is 0 Å². The van der Waals surface area contributed by atoms with Crippen LogP contribution < -0.4 is 10.0 Å². The standard InChI is InChI=1S/C25H33N3O5S/c1-17-6-7-21(16-18(17)2)27-34(31,32)22-10-8-20(9-11-22)26-23(29)19-12-14-28(15-13-19)24(30)33-25(3,4)5/h6-11,16,19,27H,12-15H2,1-5H3,(H,26,29). The largest absolute Gasteiger partial charge is 0.444 e. The van der Waals surface area contributed by atoms with Crippen molar-refractivity contribution in [3.05, 3.63) is 53.6 Å². The van der Waals surface area contributed by atoms with Crippen LogP contribution in [0.3, 0.4) is 0 Å². The Labute approximate surface area is 201 Å². The Morgan fingerprint density at radius 2 is 1.53 bits per heavy atom. The minimum absolute atomic E-state index is 0.106. The van der Waals surface area contributed by atoms with Gasteiger partial charge < -0.3 is 15.0 Å². The molecular weight excluding hydrogens is 454 g/mol. The van der Waals surface area contributed by atoms with Crippen LogP contribution in [0.4, 0.5) is 16.2 Å². The maximum Gasteiger partial charge on any atom is 0.410 e. The number of carbonyl (C=O) groups excluding carboxylic acids is 2. The molecule has 184 valence electrons. The molecule has 3 rings (SSSR count). The van der Waals surface area contributed by atoms with Gasteiger partial charge in [0.2, 0.25) is 5.91 Å². The van der Waals surface area contributed by atoms with Gasteiger partial charge >= 0.3 is 6.09 Å². The van der Waals surface area contributed by atoms with Crippen molar-refractivity contribution in [1.82, 2.24) is 4.90 Å². The van der Waals surface area contributed by atoms with Crippen LogP contribution in [0.5, 0.6) is 0 Å². The van der Waals surface area contributed by atoms with Crippen molar-refractivity contribution < 1.29 is 22.7 Å². The number of nitrogens with one attached hydrogen (secondary N) is 2. The van der Waals surface area contributed by atoms with Gasteiger partial charge in [-0.1, -0.05) is 6.07 Å². The quantitative estimate of drug-likeness (QED) is 0.637. The third kappa shape index (κ3) is 6.72. The highest BCUT2D eigenvalue weighted by Crippen LogP contribution is 2.23. The topological polar surface area (TPSA) is 105 Å². The average Bonchev–Trinajstić information content (AvgIpc) is 2.75. The van der Waals surface area contributed by atoms with Gasteiger partial charge in [-0.15, -0.1) is 0 Å². The van der Waals surface area contributed by atoms with Crippen LogP contribution in [0.25, 0.3) is 0 Å². The van der Waals surface area contributed by atoms with Crippen LogP contribution in [0.2, 0.25) is 0 Å². The number of hydrogen-bond acceptors (Lipinski definition) is 5. The van der Waals surface area contributed by atoms with Crippen LogP contribution in [-0.2, 0) is 19.6 Å². The molecule has 1 fully saturated rings. The Balaban J connectivity index is 1.55. The Morgan fingerprint density at radius 3 is 2.09 bits per heavy atom. The monoisotopic (exact) mass is 487 g/mol. The maximum atomic E-state index is 12.7. The summed E-state index contributed by atoms with van der Waals surface area (Å²) >= 11 is 0. The summed E-state index contributed by atoms with van der Waals surface area (Å²) in [6.07, 6.45) is 0.715. The number of carbonyl (C=O) groups is 2. The number of benzene rings is 2. The molecule has 0 aromatic heterocycles. The number of aryl methyl sites for hydroxylation is 2. The van der Waals surface area contributed by atoms with Crippen LogP contribution in [-0.4, -0.2) is 44.0 Å². The third-order valence-corrected chi connectivity index (χ3v) is 7.11. The van der Waals surface area contributed by atoms with Gasteiger partial charge in [-0.05, 0) is 95.0 Å². The van der Waals surface area contributed by atoms with Gasteiger partial charge in [0.25, 0.3) is 10.0 Å². The van der Waals surface area contributed by atoms with Crippen molar-refractivity contribution in [2.45, 2.75) is 58.0 Å². The second kappa shape index (κ2) is 10.0. The summed E-state index contributed by atoms with van der Waals surface area (Å²) in [5.41, 5.74) is 2.54. The molecule has 8 nitrogen and oxygen atoms in total. The van der Waals surface area contributed by atoms with E-state index in [4.69, 9.17) is 4.74 Å². The minimum atomic E-state index is -3.75. The highest BCUT2D eigenvalue weighted by Gasteiger charge is 2.30. The normalized spacial score (nSPS) is 15.0. The molecule has 0 aliphatic carbocycles. The van der Waals surface area contributed by atoms with E-state index >= 15 is 0 Å². The SMILES string of the molecule is Cc1ccc(NS(=O)(=O)c2ccc(NC(=O)C3CCN(C(=O)OC(C)(C)C)CC3)cc2)cc1C. The number of amides is 2. The number of piperidine rings is 1. The fourth-order valence-electron chi connectivity index (χ4n) is 3.63. The van der Waals surface area contributed by atoms with E-state index in [2.05, 4.69) is 10.0 Å². The molecule has 0 saturated carbocycles. The fraction of sp³-hybridized carbons (Fsp3) is 0.440. The minimum Gasteiger partial charge on any atom is -0.444 e. The highest BCUT2D eigenvalue weighted by atomic mass is 32.2. The van der Waals surface area contributed by atoms with Gasteiger partial charge in [0.1, 0.15) is 5.60 Å². The van der Waals surface area contributed by atoms with Gasteiger partial charge in [0.05, 0.1) is 4.90 Å². The van der Waals surface area contributed by atoms with E-state index in [1.165, 1.54) is 12.1 Å². The zero-order valence-electron chi connectivity index (χ0n) is 20.3. The lowest BCUT2D eigenvalue weighted by Crippen LogP contribution is -2.43. The summed E-state index contributed by atoms with van der Waals surface area (Å²) in [6.45, 7) is 10.3. The number of rotatable bonds is 5. The van der Waals surface area contributed by atoms with E-state index in [-0.39, 0.29) is 22.8 Å². The predicted molar refractivity (Wildman–Crippen MR) is 132 cm³/mol. The summed E-state index contributed by atoms with van der Waals surface area (Å²) < 4.78 is 33.4. The Kier molecular flexibility index (Phi) is 7.55. The molecule has 0 unspecified atom stereocenters. The van der Waals surface area contributed by atoms with Crippen LogP contribution in [0.15, 0.2) is 47.4 Å². The smallest absolute Gasteiger partial charge is 0.410 e. The first-order valence-corrected chi connectivity index (χ1v) is 12.8. The van der Waals surface area contributed by atoms with E-state index in [9.17, 15) is 18.0 Å². The van der Waals surface area contributed by atoms with Crippen molar-refractivity contribution in [1.29, 1.82) is 0 Å². The second-order valence-electron chi connectivity index (χ2n) is 9.66. The van der Waals surface area contributed by atoms with Gasteiger partial charge in [-0.2, -0.15) is 0 Å². The molecule has 1 aliphatic rings. The van der Waals surface area contributed by atoms with Crippen molar-refractivity contribution in [2.24, 2.45) is 5.92 Å². The molecule has 1 saturated heterocycles. The lowest BCUT2D eigenvalue weighted by molar-refractivity contribution is -0.121. The van der Waals surface area contributed by atoms with E-state index in [0.717, 1.165) is 11.1 Å². The highest BCUT2D eigenvalue weighted by molar-refractivity contribution is 7.92. The van der Waals surface area contributed by atoms with E-state index < -0.39 is 15.6 Å². The van der Waals surface area contributed by atoms with Gasteiger partial charge in [-0.3, -0.25) is 9.52 Å². The summed E-state index contributed by atoms with van der Waals surface area (Å²) in [5.74, 6) is -0.374. The zero-order valence-corrected chi connectivity index (χ0v) is 21.2. The van der Waals surface area contributed by atoms with Gasteiger partial charge in [0.15, 0.2) is 0 Å². The van der Waals surface area contributed by atoms with Crippen molar-refractivity contribution in [2.75, 3.05) is 23.1 Å². The third-order valence-electron chi connectivity index (χ3n) is 5.71. The van der Waals surface area contributed by atoms with Crippen LogP contribution >= 0.6 is 0 Å². The maximum absolute atomic E-state index is 12.7. The Morgan fingerprint density at radius 1 is 0.941 bits per heavy atom. The molecule has 2 amide bonds. The number of anilines is 2. The number of likely N-dealkylation sites (tertiary alicyclic amines) is 1. The molecule has 2 aromatic carbocycles. The molecule has 0 spiro atoms. The first-order valence-electron chi connectivity index (χ1n) is 11.3. The molecular formula is C25H33N3O5S. The fourth-order valence-corrected chi connectivity index (χ4v) is 4.68. The van der Waals surface area contributed by atoms with Crippen molar-refractivity contribution in [3.8, 4) is 0 Å². The number of nitrogens with zero attached hydrogens (tertiary/aromatic N) is 1. The van der Waals surface area contributed by atoms with Crippen molar-refractivity contribution >= 4 is 33.4 Å². The molecule has 1 heterocycles. The van der Waals surface area contributed by atoms with Crippen LogP contribution in [0.1, 0.15) is 44.7 Å². The molecule has 2 aromatic rings. The summed E-state index contributed by atoms with van der Waals surface area (Å²) in [7, 11) is -3.75. The summed E-state index contributed by atoms with van der Waals surface area (Å²) in [6, 6.07) is 11.4. The zero-order chi connectivity index (χ0) is 25.1. The molecule has 0 radical (unpaired) electrons. The van der Waals surface area contributed by atoms with Gasteiger partial charge in [-0.25, -0.2) is 13.2 Å². The molecule has 0 bridgehead atoms. The van der Waals surface area contributed by atoms with E-state index in [1.54, 1.807) is 29.2 Å². The average molecular weight is 488 g/mol. The number of hydrogen-bond donors (Lipinski definition) is 2. The lowest BCUT2D eigenvalue weighted by atomic mass is 9.96.